The number of hydrogen-bond donors (Lipinski definition) is 0. The molecule has 0 bridgehead atoms. The zero-order chi connectivity index (χ0) is 13.0. The van der Waals surface area contributed by atoms with Gasteiger partial charge in [-0.05, 0) is 25.0 Å². The summed E-state index contributed by atoms with van der Waals surface area (Å²) in [6.07, 6.45) is 1.25. The Labute approximate surface area is 90.9 Å². The van der Waals surface area contributed by atoms with Crippen LogP contribution in [0.3, 0.4) is 0 Å². The third-order valence-electron chi connectivity index (χ3n) is 0.697. The first-order chi connectivity index (χ1) is 6.70. The molecule has 0 unspecified atom stereocenters. The van der Waals surface area contributed by atoms with Gasteiger partial charge < -0.3 is 19.8 Å². The average Bonchev–Trinajstić information content (AvgIpc) is 2.06. The van der Waals surface area contributed by atoms with Crippen molar-refractivity contribution in [3.8, 4) is 0 Å². The van der Waals surface area contributed by atoms with Crippen LogP contribution >= 0.6 is 0 Å². The van der Waals surface area contributed by atoms with Gasteiger partial charge in [-0.3, -0.25) is 0 Å². The lowest BCUT2D eigenvalue weighted by Gasteiger charge is -1.93. The maximum Gasteiger partial charge on any atom is 0.0666 e. The van der Waals surface area contributed by atoms with Gasteiger partial charge in [-0.2, -0.15) is 0 Å². The zero-order valence-electron chi connectivity index (χ0n) is 9.75. The minimum atomic E-state index is -1.19. The summed E-state index contributed by atoms with van der Waals surface area (Å²) in [5.74, 6) is -2.37. The van der Waals surface area contributed by atoms with E-state index >= 15 is 0 Å². The normalized spacial score (nSPS) is 7.20. The summed E-state index contributed by atoms with van der Waals surface area (Å²) in [6.45, 7) is 13.2. The van der Waals surface area contributed by atoms with Gasteiger partial charge in [-0.1, -0.05) is 33.4 Å². The summed E-state index contributed by atoms with van der Waals surface area (Å²) in [7, 11) is 0. The Morgan fingerprint density at radius 2 is 1.00 bits per heavy atom. The predicted octanol–water partition coefficient (Wildman–Crippen LogP) is 0.0411. The third kappa shape index (κ3) is 32.7. The summed E-state index contributed by atoms with van der Waals surface area (Å²) in [4.78, 5) is 19.0. The maximum absolute atomic E-state index is 9.49. The second-order valence-electron chi connectivity index (χ2n) is 2.84. The fraction of sp³-hybridized carbons (Fsp3) is 0.455. The van der Waals surface area contributed by atoms with Crippen LogP contribution in [0.2, 0.25) is 0 Å². The lowest BCUT2D eigenvalue weighted by Crippen LogP contribution is -2.22. The van der Waals surface area contributed by atoms with Crippen LogP contribution in [0.4, 0.5) is 0 Å². The van der Waals surface area contributed by atoms with Crippen molar-refractivity contribution in [2.24, 2.45) is 0 Å². The third-order valence-corrected chi connectivity index (χ3v) is 0.697. The van der Waals surface area contributed by atoms with E-state index in [-0.39, 0.29) is 11.1 Å². The van der Waals surface area contributed by atoms with Crippen LogP contribution in [-0.2, 0) is 9.59 Å². The van der Waals surface area contributed by atoms with Gasteiger partial charge in [-0.15, -0.1) is 0 Å². The van der Waals surface area contributed by atoms with Gasteiger partial charge in [0.25, 0.3) is 0 Å². The Hall–Kier alpha value is -1.58. The number of carbonyl (C=O) groups is 2. The number of carboxylic acids is 2. The maximum atomic E-state index is 9.49. The molecule has 4 heteroatoms. The molecule has 0 heterocycles. The van der Waals surface area contributed by atoms with E-state index in [2.05, 4.69) is 27.0 Å². The number of carboxylic acid groups (broad SMARTS) is 2. The molecule has 0 aromatic heterocycles. The van der Waals surface area contributed by atoms with Crippen LogP contribution in [0.5, 0.6) is 0 Å². The number of rotatable bonds is 2. The van der Waals surface area contributed by atoms with Crippen molar-refractivity contribution in [1.82, 2.24) is 0 Å². The number of carbonyl (C=O) groups excluding carboxylic acids is 2. The lowest BCUT2D eigenvalue weighted by molar-refractivity contribution is -0.300. The topological polar surface area (TPSA) is 80.3 Å². The fourth-order valence-corrected chi connectivity index (χ4v) is 0. The molecule has 0 N–H and O–H groups in total. The second-order valence-corrected chi connectivity index (χ2v) is 2.84. The Kier molecular flexibility index (Phi) is 15.8. The number of hydrogen-bond acceptors (Lipinski definition) is 4. The molecule has 0 amide bonds. The van der Waals surface area contributed by atoms with Crippen LogP contribution in [-0.4, -0.2) is 11.9 Å². The van der Waals surface area contributed by atoms with Crippen molar-refractivity contribution < 1.29 is 19.8 Å². The summed E-state index contributed by atoms with van der Waals surface area (Å²) >= 11 is 0. The predicted molar refractivity (Wildman–Crippen MR) is 55.6 cm³/mol. The molecule has 0 aromatic carbocycles. The summed E-state index contributed by atoms with van der Waals surface area (Å²) in [5, 5.41) is 19.0. The van der Waals surface area contributed by atoms with Crippen LogP contribution in [0.15, 0.2) is 24.3 Å². The highest BCUT2D eigenvalue weighted by Crippen LogP contribution is 1.77. The Balaban J connectivity index is -0.000000153. The monoisotopic (exact) mass is 214 g/mol. The van der Waals surface area contributed by atoms with E-state index in [4.69, 9.17) is 0 Å². The molecule has 0 aliphatic carbocycles. The van der Waals surface area contributed by atoms with E-state index in [1.165, 1.54) is 20.3 Å². The highest BCUT2D eigenvalue weighted by atomic mass is 16.4. The first kappa shape index (κ1) is 19.1. The molecule has 0 spiro atoms. The first-order valence-corrected chi connectivity index (χ1v) is 4.44. The molecule has 0 saturated heterocycles. The molecule has 4 nitrogen and oxygen atoms in total. The molecule has 88 valence electrons. The second kappa shape index (κ2) is 12.4. The highest BCUT2D eigenvalue weighted by molar-refractivity contribution is 5.83. The van der Waals surface area contributed by atoms with Crippen LogP contribution < -0.4 is 10.2 Å². The molecule has 0 aliphatic heterocycles. The standard InChI is InChI=1S/2C4H6O2.C3H8/c2*1-3(2)4(5)6;1-3-2/h2*1H2,2H3,(H,5,6);3H2,1-2H3/p-2. The molecule has 0 aliphatic rings. The van der Waals surface area contributed by atoms with E-state index in [9.17, 15) is 19.8 Å². The molecule has 0 saturated carbocycles. The quantitative estimate of drug-likeness (QED) is 0.608. The minimum absolute atomic E-state index is 0.0648. The summed E-state index contributed by atoms with van der Waals surface area (Å²) in [6, 6.07) is 0. The van der Waals surface area contributed by atoms with Gasteiger partial charge in [0.05, 0.1) is 11.9 Å². The number of aliphatic carboxylic acids is 2. The minimum Gasteiger partial charge on any atom is -0.545 e. The van der Waals surface area contributed by atoms with Crippen molar-refractivity contribution in [3.63, 3.8) is 0 Å². The Morgan fingerprint density at radius 1 is 0.933 bits per heavy atom. The van der Waals surface area contributed by atoms with E-state index in [1.807, 2.05) is 0 Å². The van der Waals surface area contributed by atoms with Gasteiger partial charge in [0.1, 0.15) is 0 Å². The van der Waals surface area contributed by atoms with Crippen molar-refractivity contribution in [3.05, 3.63) is 24.3 Å². The van der Waals surface area contributed by atoms with Gasteiger partial charge in [-0.25, -0.2) is 0 Å². The average molecular weight is 214 g/mol. The van der Waals surface area contributed by atoms with Crippen molar-refractivity contribution in [2.45, 2.75) is 34.1 Å². The van der Waals surface area contributed by atoms with E-state index in [0.29, 0.717) is 0 Å². The zero-order valence-corrected chi connectivity index (χ0v) is 9.75. The lowest BCUT2D eigenvalue weighted by atomic mass is 10.4. The van der Waals surface area contributed by atoms with Crippen molar-refractivity contribution in [2.75, 3.05) is 0 Å². The van der Waals surface area contributed by atoms with E-state index < -0.39 is 11.9 Å². The van der Waals surface area contributed by atoms with Crippen molar-refractivity contribution >= 4 is 11.9 Å². The van der Waals surface area contributed by atoms with Crippen LogP contribution in [0.1, 0.15) is 34.1 Å². The van der Waals surface area contributed by atoms with Crippen molar-refractivity contribution in [1.29, 1.82) is 0 Å². The Morgan fingerprint density at radius 3 is 1.00 bits per heavy atom. The van der Waals surface area contributed by atoms with E-state index in [1.54, 1.807) is 0 Å². The Bertz CT molecular complexity index is 181. The van der Waals surface area contributed by atoms with Crippen LogP contribution in [0, 0.1) is 0 Å². The van der Waals surface area contributed by atoms with Gasteiger partial charge in [0, 0.05) is 0 Å². The SMILES string of the molecule is C=C(C)C(=O)[O-].C=C(C)C(=O)[O-].CCC. The smallest absolute Gasteiger partial charge is 0.0666 e. The van der Waals surface area contributed by atoms with Crippen LogP contribution in [0.25, 0.3) is 0 Å². The summed E-state index contributed by atoms with van der Waals surface area (Å²) < 4.78 is 0. The molecular weight excluding hydrogens is 196 g/mol. The van der Waals surface area contributed by atoms with E-state index in [0.717, 1.165) is 0 Å². The molecule has 0 fully saturated rings. The first-order valence-electron chi connectivity index (χ1n) is 4.44. The molecule has 0 aromatic rings. The van der Waals surface area contributed by atoms with Gasteiger partial charge in [0.15, 0.2) is 0 Å². The fourth-order valence-electron chi connectivity index (χ4n) is 0. The molecule has 0 radical (unpaired) electrons. The largest absolute Gasteiger partial charge is 0.545 e. The van der Waals surface area contributed by atoms with Gasteiger partial charge >= 0.3 is 0 Å². The highest BCUT2D eigenvalue weighted by Gasteiger charge is 1.76. The molecule has 0 atom stereocenters. The van der Waals surface area contributed by atoms with Gasteiger partial charge in [0.2, 0.25) is 0 Å². The summed E-state index contributed by atoms with van der Waals surface area (Å²) in [5.41, 5.74) is 0.130. The molecule has 0 rings (SSSR count). The molecule has 15 heavy (non-hydrogen) atoms. The molecular formula is C11H18O4-2.